The highest BCUT2D eigenvalue weighted by atomic mass is 16.2. The van der Waals surface area contributed by atoms with Gasteiger partial charge in [0.25, 0.3) is 5.91 Å². The van der Waals surface area contributed by atoms with E-state index in [2.05, 4.69) is 36.4 Å². The molecule has 2 atom stereocenters. The summed E-state index contributed by atoms with van der Waals surface area (Å²) < 4.78 is 0. The van der Waals surface area contributed by atoms with Gasteiger partial charge in [0.1, 0.15) is 5.69 Å². The third-order valence-electron chi connectivity index (χ3n) is 3.83. The zero-order valence-corrected chi connectivity index (χ0v) is 12.5. The summed E-state index contributed by atoms with van der Waals surface area (Å²) in [5.41, 5.74) is 1.42. The van der Waals surface area contributed by atoms with Crippen molar-refractivity contribution in [3.05, 3.63) is 23.5 Å². The molecule has 20 heavy (non-hydrogen) atoms. The number of hydrogen-bond acceptors (Lipinski definition) is 2. The van der Waals surface area contributed by atoms with Gasteiger partial charge in [-0.25, -0.2) is 0 Å². The number of nitrogens with one attached hydrogen (secondary N) is 3. The minimum atomic E-state index is -0.108. The molecule has 1 aromatic rings. The Morgan fingerprint density at radius 2 is 2.10 bits per heavy atom. The first-order valence-electron chi connectivity index (χ1n) is 7.03. The fraction of sp³-hybridized carbons (Fsp3) is 0.600. The molecule has 1 saturated heterocycles. The number of H-pyrrole nitrogens is 1. The van der Waals surface area contributed by atoms with E-state index in [9.17, 15) is 9.59 Å². The van der Waals surface area contributed by atoms with Crippen LogP contribution in [0.15, 0.2) is 12.3 Å². The molecule has 110 valence electrons. The van der Waals surface area contributed by atoms with E-state index in [1.165, 1.54) is 0 Å². The summed E-state index contributed by atoms with van der Waals surface area (Å²) in [5, 5.41) is 6.06. The molecule has 3 N–H and O–H groups in total. The van der Waals surface area contributed by atoms with Gasteiger partial charge in [-0.15, -0.1) is 0 Å². The predicted molar refractivity (Wildman–Crippen MR) is 77.4 cm³/mol. The standard InChI is InChI=1S/C15H23N3O2/c1-9-7-8-16-12(9)14(20)17-10-5-6-11(19)18-13(10)15(2,3)4/h7-8,10,13,16H,5-6H2,1-4H3,(H,17,20)(H,18,19)/t10-,13-/m1/s1. The van der Waals surface area contributed by atoms with E-state index in [4.69, 9.17) is 0 Å². The van der Waals surface area contributed by atoms with Crippen molar-refractivity contribution in [3.8, 4) is 0 Å². The predicted octanol–water partition coefficient (Wildman–Crippen LogP) is 1.75. The molecule has 0 saturated carbocycles. The molecular formula is C15H23N3O2. The first-order valence-corrected chi connectivity index (χ1v) is 7.03. The molecule has 1 fully saturated rings. The van der Waals surface area contributed by atoms with Crippen molar-refractivity contribution in [2.24, 2.45) is 5.41 Å². The van der Waals surface area contributed by atoms with Crippen LogP contribution in [0.3, 0.4) is 0 Å². The number of amides is 2. The Labute approximate surface area is 119 Å². The third kappa shape index (κ3) is 3.03. The zero-order valence-electron chi connectivity index (χ0n) is 12.5. The van der Waals surface area contributed by atoms with Crippen LogP contribution in [0.25, 0.3) is 0 Å². The number of rotatable bonds is 2. The van der Waals surface area contributed by atoms with E-state index in [1.807, 2.05) is 13.0 Å². The first kappa shape index (κ1) is 14.6. The van der Waals surface area contributed by atoms with Crippen LogP contribution < -0.4 is 10.6 Å². The van der Waals surface area contributed by atoms with Gasteiger partial charge in [0, 0.05) is 12.6 Å². The van der Waals surface area contributed by atoms with E-state index in [0.717, 1.165) is 5.56 Å². The lowest BCUT2D eigenvalue weighted by atomic mass is 9.78. The second-order valence-electron chi connectivity index (χ2n) is 6.57. The van der Waals surface area contributed by atoms with Crippen LogP contribution in [0.5, 0.6) is 0 Å². The Bertz CT molecular complexity index is 513. The van der Waals surface area contributed by atoms with Gasteiger partial charge in [0.15, 0.2) is 0 Å². The van der Waals surface area contributed by atoms with Crippen molar-refractivity contribution < 1.29 is 9.59 Å². The van der Waals surface area contributed by atoms with E-state index >= 15 is 0 Å². The molecule has 1 aliphatic heterocycles. The third-order valence-corrected chi connectivity index (χ3v) is 3.83. The van der Waals surface area contributed by atoms with Gasteiger partial charge in [-0.1, -0.05) is 20.8 Å². The number of carbonyl (C=O) groups is 2. The lowest BCUT2D eigenvalue weighted by Crippen LogP contribution is -2.60. The average molecular weight is 277 g/mol. The summed E-state index contributed by atoms with van der Waals surface area (Å²) in [4.78, 5) is 26.9. The molecule has 0 aliphatic carbocycles. The molecule has 0 aromatic carbocycles. The Morgan fingerprint density at radius 1 is 1.40 bits per heavy atom. The van der Waals surface area contributed by atoms with Gasteiger partial charge < -0.3 is 15.6 Å². The highest BCUT2D eigenvalue weighted by Gasteiger charge is 2.37. The van der Waals surface area contributed by atoms with Crippen LogP contribution in [0, 0.1) is 12.3 Å². The summed E-state index contributed by atoms with van der Waals surface area (Å²) in [6.45, 7) is 8.11. The van der Waals surface area contributed by atoms with Gasteiger partial charge in [-0.3, -0.25) is 9.59 Å². The van der Waals surface area contributed by atoms with Crippen molar-refractivity contribution in [3.63, 3.8) is 0 Å². The van der Waals surface area contributed by atoms with Gasteiger partial charge >= 0.3 is 0 Å². The Hall–Kier alpha value is -1.78. The summed E-state index contributed by atoms with van der Waals surface area (Å²) in [5.74, 6) is -0.0469. The molecule has 2 rings (SSSR count). The lowest BCUT2D eigenvalue weighted by molar-refractivity contribution is -0.125. The Kier molecular flexibility index (Phi) is 3.88. The fourth-order valence-electron chi connectivity index (χ4n) is 2.71. The van der Waals surface area contributed by atoms with Crippen molar-refractivity contribution in [2.45, 2.75) is 52.6 Å². The van der Waals surface area contributed by atoms with Gasteiger partial charge in [0.05, 0.1) is 12.1 Å². The molecule has 2 amide bonds. The van der Waals surface area contributed by atoms with Gasteiger partial charge in [0.2, 0.25) is 5.91 Å². The van der Waals surface area contributed by atoms with Crippen LogP contribution >= 0.6 is 0 Å². The van der Waals surface area contributed by atoms with Crippen LogP contribution in [0.2, 0.25) is 0 Å². The van der Waals surface area contributed by atoms with Crippen LogP contribution in [-0.4, -0.2) is 28.9 Å². The number of aromatic amines is 1. The lowest BCUT2D eigenvalue weighted by Gasteiger charge is -2.41. The Morgan fingerprint density at radius 3 is 2.65 bits per heavy atom. The summed E-state index contributed by atoms with van der Waals surface area (Å²) in [6, 6.07) is 1.78. The maximum Gasteiger partial charge on any atom is 0.268 e. The first-order chi connectivity index (χ1) is 9.29. The highest BCUT2D eigenvalue weighted by Crippen LogP contribution is 2.27. The largest absolute Gasteiger partial charge is 0.357 e. The highest BCUT2D eigenvalue weighted by molar-refractivity contribution is 5.94. The van der Waals surface area contributed by atoms with E-state index in [1.54, 1.807) is 6.20 Å². The molecule has 2 heterocycles. The smallest absolute Gasteiger partial charge is 0.268 e. The molecule has 0 spiro atoms. The number of carbonyl (C=O) groups excluding carboxylic acids is 2. The molecule has 0 unspecified atom stereocenters. The minimum Gasteiger partial charge on any atom is -0.357 e. The van der Waals surface area contributed by atoms with E-state index in [0.29, 0.717) is 18.5 Å². The van der Waals surface area contributed by atoms with Crippen LogP contribution in [-0.2, 0) is 4.79 Å². The van der Waals surface area contributed by atoms with Gasteiger partial charge in [-0.05, 0) is 30.4 Å². The summed E-state index contributed by atoms with van der Waals surface area (Å²) >= 11 is 0. The Balaban J connectivity index is 2.12. The quantitative estimate of drug-likeness (QED) is 0.770. The topological polar surface area (TPSA) is 74.0 Å². The summed E-state index contributed by atoms with van der Waals surface area (Å²) in [7, 11) is 0. The molecular weight excluding hydrogens is 254 g/mol. The average Bonchev–Trinajstić information content (AvgIpc) is 2.76. The SMILES string of the molecule is Cc1cc[nH]c1C(=O)N[C@@H]1CCC(=O)N[C@H]1C(C)(C)C. The molecule has 5 nitrogen and oxygen atoms in total. The summed E-state index contributed by atoms with van der Waals surface area (Å²) in [6.07, 6.45) is 2.90. The van der Waals surface area contributed by atoms with Crippen molar-refractivity contribution in [1.82, 2.24) is 15.6 Å². The minimum absolute atomic E-state index is 0.0390. The molecule has 1 aliphatic rings. The van der Waals surface area contributed by atoms with E-state index in [-0.39, 0.29) is 29.3 Å². The molecule has 0 bridgehead atoms. The number of piperidine rings is 1. The van der Waals surface area contributed by atoms with Gasteiger partial charge in [-0.2, -0.15) is 0 Å². The van der Waals surface area contributed by atoms with Crippen LogP contribution in [0.1, 0.15) is 49.7 Å². The fourth-order valence-corrected chi connectivity index (χ4v) is 2.71. The second-order valence-corrected chi connectivity index (χ2v) is 6.57. The van der Waals surface area contributed by atoms with E-state index < -0.39 is 0 Å². The van der Waals surface area contributed by atoms with Crippen molar-refractivity contribution in [2.75, 3.05) is 0 Å². The zero-order chi connectivity index (χ0) is 14.9. The number of hydrogen-bond donors (Lipinski definition) is 3. The number of aromatic nitrogens is 1. The maximum atomic E-state index is 12.3. The number of aryl methyl sites for hydroxylation is 1. The van der Waals surface area contributed by atoms with Crippen molar-refractivity contribution >= 4 is 11.8 Å². The van der Waals surface area contributed by atoms with Crippen LogP contribution in [0.4, 0.5) is 0 Å². The molecule has 1 aromatic heterocycles. The molecule has 0 radical (unpaired) electrons. The normalized spacial score (nSPS) is 23.3. The second kappa shape index (κ2) is 5.31. The maximum absolute atomic E-state index is 12.3. The monoisotopic (exact) mass is 277 g/mol. The molecule has 5 heteroatoms. The van der Waals surface area contributed by atoms with Crippen molar-refractivity contribution in [1.29, 1.82) is 0 Å².